The molecule has 0 bridgehead atoms. The molecule has 0 N–H and O–H groups in total. The smallest absolute Gasteiger partial charge is 0.185 e. The summed E-state index contributed by atoms with van der Waals surface area (Å²) in [7, 11) is 0. The highest BCUT2D eigenvalue weighted by Gasteiger charge is 2.03. The van der Waals surface area contributed by atoms with Crippen LogP contribution in [0.5, 0.6) is 0 Å². The predicted octanol–water partition coefficient (Wildman–Crippen LogP) is 5.49. The van der Waals surface area contributed by atoms with Gasteiger partial charge in [-0.15, -0.1) is 0 Å². The first-order valence-corrected chi connectivity index (χ1v) is 7.33. The minimum atomic E-state index is -0.0626. The van der Waals surface area contributed by atoms with Crippen molar-refractivity contribution < 1.29 is 4.79 Å². The second-order valence-corrected chi connectivity index (χ2v) is 5.88. The Hall–Kier alpha value is -0.840. The van der Waals surface area contributed by atoms with Crippen molar-refractivity contribution in [3.05, 3.63) is 73.3 Å². The van der Waals surface area contributed by atoms with E-state index < -0.39 is 0 Å². The molecule has 0 unspecified atom stereocenters. The topological polar surface area (TPSA) is 17.1 Å². The van der Waals surface area contributed by atoms with Gasteiger partial charge in [-0.3, -0.25) is 4.79 Å². The van der Waals surface area contributed by atoms with Crippen molar-refractivity contribution >= 4 is 57.7 Å². The van der Waals surface area contributed by atoms with Gasteiger partial charge < -0.3 is 0 Å². The lowest BCUT2D eigenvalue weighted by atomic mass is 10.1. The SMILES string of the molecule is O=C(C=Cc1cccc(Cl)c1Cl)c1ccc(I)cc1. The standard InChI is InChI=1S/C15H9Cl2IO/c16-13-3-1-2-11(15(13)17)6-9-14(19)10-4-7-12(18)8-5-10/h1-9H. The highest BCUT2D eigenvalue weighted by atomic mass is 127. The second kappa shape index (κ2) is 6.55. The summed E-state index contributed by atoms with van der Waals surface area (Å²) in [4.78, 5) is 12.0. The van der Waals surface area contributed by atoms with E-state index in [0.717, 1.165) is 9.13 Å². The first-order valence-electron chi connectivity index (χ1n) is 5.50. The van der Waals surface area contributed by atoms with Crippen molar-refractivity contribution in [3.63, 3.8) is 0 Å². The fourth-order valence-corrected chi connectivity index (χ4v) is 2.26. The second-order valence-electron chi connectivity index (χ2n) is 3.85. The quantitative estimate of drug-likeness (QED) is 0.376. The van der Waals surface area contributed by atoms with Crippen molar-refractivity contribution in [2.75, 3.05) is 0 Å². The van der Waals surface area contributed by atoms with Crippen LogP contribution in [0.25, 0.3) is 6.08 Å². The zero-order valence-corrected chi connectivity index (χ0v) is 13.4. The molecule has 0 saturated carbocycles. The molecule has 1 nitrogen and oxygen atoms in total. The van der Waals surface area contributed by atoms with Gasteiger partial charge in [0.25, 0.3) is 0 Å². The molecule has 0 saturated heterocycles. The molecule has 2 aromatic rings. The van der Waals surface area contributed by atoms with Gasteiger partial charge in [0.05, 0.1) is 10.0 Å². The van der Waals surface area contributed by atoms with E-state index in [1.165, 1.54) is 6.08 Å². The first kappa shape index (κ1) is 14.6. The third-order valence-corrected chi connectivity index (χ3v) is 4.08. The van der Waals surface area contributed by atoms with E-state index in [1.54, 1.807) is 30.3 Å². The average Bonchev–Trinajstić information content (AvgIpc) is 2.41. The third kappa shape index (κ3) is 3.81. The summed E-state index contributed by atoms with van der Waals surface area (Å²) in [6.07, 6.45) is 3.17. The number of ketones is 1. The maximum atomic E-state index is 12.0. The van der Waals surface area contributed by atoms with Gasteiger partial charge in [-0.05, 0) is 58.5 Å². The Kier molecular flexibility index (Phi) is 5.02. The Bertz CT molecular complexity index is 633. The van der Waals surface area contributed by atoms with Crippen LogP contribution < -0.4 is 0 Å². The van der Waals surface area contributed by atoms with Gasteiger partial charge in [0.2, 0.25) is 0 Å². The zero-order chi connectivity index (χ0) is 13.8. The molecule has 4 heteroatoms. The van der Waals surface area contributed by atoms with Crippen molar-refractivity contribution in [1.82, 2.24) is 0 Å². The van der Waals surface area contributed by atoms with Crippen LogP contribution in [0.2, 0.25) is 10.0 Å². The van der Waals surface area contributed by atoms with E-state index in [2.05, 4.69) is 22.6 Å². The van der Waals surface area contributed by atoms with Crippen LogP contribution in [0, 0.1) is 3.57 Å². The van der Waals surface area contributed by atoms with E-state index in [9.17, 15) is 4.79 Å². The molecule has 0 fully saturated rings. The molecule has 2 aromatic carbocycles. The maximum absolute atomic E-state index is 12.0. The van der Waals surface area contributed by atoms with Crippen LogP contribution in [0.4, 0.5) is 0 Å². The van der Waals surface area contributed by atoms with Gasteiger partial charge in [0.15, 0.2) is 5.78 Å². The zero-order valence-electron chi connectivity index (χ0n) is 9.74. The lowest BCUT2D eigenvalue weighted by Gasteiger charge is -2.00. The molecule has 0 aliphatic heterocycles. The fraction of sp³-hybridized carbons (Fsp3) is 0. The van der Waals surface area contributed by atoms with Gasteiger partial charge in [-0.25, -0.2) is 0 Å². The van der Waals surface area contributed by atoms with Crippen LogP contribution >= 0.6 is 45.8 Å². The molecule has 0 aromatic heterocycles. The Labute approximate surface area is 135 Å². The molecule has 0 radical (unpaired) electrons. The largest absolute Gasteiger partial charge is 0.289 e. The van der Waals surface area contributed by atoms with E-state index in [-0.39, 0.29) is 5.78 Å². The van der Waals surface area contributed by atoms with Crippen LogP contribution in [-0.4, -0.2) is 5.78 Å². The van der Waals surface area contributed by atoms with E-state index in [4.69, 9.17) is 23.2 Å². The fourth-order valence-electron chi connectivity index (χ4n) is 1.53. The number of benzene rings is 2. The predicted molar refractivity (Wildman–Crippen MR) is 89.0 cm³/mol. The van der Waals surface area contributed by atoms with E-state index in [1.807, 2.05) is 18.2 Å². The number of rotatable bonds is 3. The number of allylic oxidation sites excluding steroid dienone is 1. The van der Waals surface area contributed by atoms with Crippen molar-refractivity contribution in [2.45, 2.75) is 0 Å². The minimum Gasteiger partial charge on any atom is -0.289 e. The molecule has 0 heterocycles. The first-order chi connectivity index (χ1) is 9.08. The Morgan fingerprint density at radius 3 is 2.42 bits per heavy atom. The summed E-state index contributed by atoms with van der Waals surface area (Å²) in [5.41, 5.74) is 1.38. The highest BCUT2D eigenvalue weighted by Crippen LogP contribution is 2.26. The number of carbonyl (C=O) groups is 1. The number of hydrogen-bond acceptors (Lipinski definition) is 1. The van der Waals surface area contributed by atoms with Crippen molar-refractivity contribution in [1.29, 1.82) is 0 Å². The average molecular weight is 403 g/mol. The summed E-state index contributed by atoms with van der Waals surface area (Å²) in [6, 6.07) is 12.7. The maximum Gasteiger partial charge on any atom is 0.185 e. The van der Waals surface area contributed by atoms with Crippen LogP contribution in [0.15, 0.2) is 48.5 Å². The van der Waals surface area contributed by atoms with Crippen molar-refractivity contribution in [3.8, 4) is 0 Å². The highest BCUT2D eigenvalue weighted by molar-refractivity contribution is 14.1. The Balaban J connectivity index is 2.21. The monoisotopic (exact) mass is 402 g/mol. The van der Waals surface area contributed by atoms with Crippen LogP contribution in [0.1, 0.15) is 15.9 Å². The molecule has 2 rings (SSSR count). The molecular formula is C15H9Cl2IO. The minimum absolute atomic E-state index is 0.0626. The Morgan fingerprint density at radius 1 is 1.05 bits per heavy atom. The molecule has 0 atom stereocenters. The van der Waals surface area contributed by atoms with Gasteiger partial charge in [-0.2, -0.15) is 0 Å². The molecular weight excluding hydrogens is 394 g/mol. The van der Waals surface area contributed by atoms with Gasteiger partial charge in [0.1, 0.15) is 0 Å². The number of hydrogen-bond donors (Lipinski definition) is 0. The Morgan fingerprint density at radius 2 is 1.74 bits per heavy atom. The number of halogens is 3. The summed E-state index contributed by atoms with van der Waals surface area (Å²) in [5, 5.41) is 0.932. The van der Waals surface area contributed by atoms with Crippen LogP contribution in [-0.2, 0) is 0 Å². The lowest BCUT2D eigenvalue weighted by Crippen LogP contribution is -1.93. The summed E-state index contributed by atoms with van der Waals surface area (Å²) in [5.74, 6) is -0.0626. The van der Waals surface area contributed by atoms with Crippen LogP contribution in [0.3, 0.4) is 0 Å². The number of carbonyl (C=O) groups excluding carboxylic acids is 1. The lowest BCUT2D eigenvalue weighted by molar-refractivity contribution is 0.104. The molecule has 0 spiro atoms. The van der Waals surface area contributed by atoms with Gasteiger partial charge >= 0.3 is 0 Å². The molecule has 96 valence electrons. The van der Waals surface area contributed by atoms with E-state index >= 15 is 0 Å². The molecule has 0 aliphatic rings. The summed E-state index contributed by atoms with van der Waals surface area (Å²) in [6.45, 7) is 0. The van der Waals surface area contributed by atoms with Gasteiger partial charge in [-0.1, -0.05) is 47.5 Å². The van der Waals surface area contributed by atoms with Gasteiger partial charge in [0, 0.05) is 9.13 Å². The van der Waals surface area contributed by atoms with Crippen molar-refractivity contribution in [2.24, 2.45) is 0 Å². The molecule has 0 aliphatic carbocycles. The molecule has 19 heavy (non-hydrogen) atoms. The summed E-state index contributed by atoms with van der Waals surface area (Å²) >= 11 is 14.2. The summed E-state index contributed by atoms with van der Waals surface area (Å²) < 4.78 is 1.09. The third-order valence-electron chi connectivity index (χ3n) is 2.52. The molecule has 0 amide bonds. The normalized spacial score (nSPS) is 10.9. The van der Waals surface area contributed by atoms with E-state index in [0.29, 0.717) is 15.6 Å².